The van der Waals surface area contributed by atoms with Crippen LogP contribution < -0.4 is 21.9 Å². The minimum atomic E-state index is -0.692. The van der Waals surface area contributed by atoms with Gasteiger partial charge < -0.3 is 16.4 Å². The van der Waals surface area contributed by atoms with Gasteiger partial charge in [-0.3, -0.25) is 19.0 Å². The highest BCUT2D eigenvalue weighted by Crippen LogP contribution is 2.48. The summed E-state index contributed by atoms with van der Waals surface area (Å²) in [6, 6.07) is 3.08. The number of rotatable bonds is 6. The molecule has 4 aromatic heterocycles. The highest BCUT2D eigenvalue weighted by Gasteiger charge is 2.46. The van der Waals surface area contributed by atoms with Gasteiger partial charge in [-0.25, -0.2) is 15.0 Å². The van der Waals surface area contributed by atoms with Crippen LogP contribution in [0.5, 0.6) is 0 Å². The Labute approximate surface area is 213 Å². The molecule has 4 aromatic rings. The molecule has 4 atom stereocenters. The Bertz CT molecular complexity index is 1550. The van der Waals surface area contributed by atoms with Gasteiger partial charge in [0.2, 0.25) is 11.8 Å². The second-order valence-corrected chi connectivity index (χ2v) is 11.3. The van der Waals surface area contributed by atoms with Crippen molar-refractivity contribution in [3.8, 4) is 0 Å². The number of fused-ring (bicyclic) bond motifs is 2. The monoisotopic (exact) mass is 521 g/mol. The predicted octanol–water partition coefficient (Wildman–Crippen LogP) is 3.00. The van der Waals surface area contributed by atoms with Gasteiger partial charge in [-0.2, -0.15) is 0 Å². The Hall–Kier alpha value is -3.64. The maximum atomic E-state index is 13.3. The van der Waals surface area contributed by atoms with Crippen molar-refractivity contribution in [1.82, 2.24) is 24.8 Å². The first-order valence-electron chi connectivity index (χ1n) is 11.6. The molecule has 0 unspecified atom stereocenters. The summed E-state index contributed by atoms with van der Waals surface area (Å²) in [5.74, 6) is 0.346. The molecule has 1 aliphatic heterocycles. The average molecular weight is 522 g/mol. The summed E-state index contributed by atoms with van der Waals surface area (Å²) < 4.78 is 2.43. The maximum absolute atomic E-state index is 13.3. The molecule has 0 bridgehead atoms. The number of hydrogen-bond acceptors (Lipinski definition) is 9. The molecule has 1 fully saturated rings. The van der Waals surface area contributed by atoms with Crippen LogP contribution in [-0.4, -0.2) is 31.3 Å². The van der Waals surface area contributed by atoms with Gasteiger partial charge in [0, 0.05) is 50.5 Å². The zero-order valence-electron chi connectivity index (χ0n) is 19.3. The minimum Gasteiger partial charge on any atom is -0.384 e. The topological polar surface area (TPSA) is 145 Å². The second-order valence-electron chi connectivity index (χ2n) is 9.24. The number of pyridine rings is 1. The molecule has 184 valence electrons. The van der Waals surface area contributed by atoms with Gasteiger partial charge in [0.25, 0.3) is 5.56 Å². The van der Waals surface area contributed by atoms with E-state index in [2.05, 4.69) is 25.6 Å². The standard InChI is InChI=1S/C24H23N7O3S2/c1-11-4-17(22(33)29-9-13-5-12-8-27-19(25)7-18(12)36-13)31-20(11)28-10-16(24(31)34)30-21(32)14-6-15(14)23-26-2-3-35-23/h2-3,5,7-8,10-11,14-15,17H,4,6,9H2,1H3,(H2,25,27)(H,29,33)(H,30,32)/t11-,14+,15+,17+/m1/s1. The molecule has 5 heterocycles. The Kier molecular flexibility index (Phi) is 5.56. The van der Waals surface area contributed by atoms with Crippen LogP contribution in [0, 0.1) is 5.92 Å². The summed E-state index contributed by atoms with van der Waals surface area (Å²) in [6.07, 6.45) is 6.02. The van der Waals surface area contributed by atoms with Crippen LogP contribution in [0.25, 0.3) is 10.1 Å². The Balaban J connectivity index is 1.17. The van der Waals surface area contributed by atoms with E-state index in [0.29, 0.717) is 31.0 Å². The summed E-state index contributed by atoms with van der Waals surface area (Å²) in [4.78, 5) is 53.0. The zero-order chi connectivity index (χ0) is 25.0. The lowest BCUT2D eigenvalue weighted by atomic mass is 10.1. The Morgan fingerprint density at radius 1 is 1.17 bits per heavy atom. The molecule has 6 rings (SSSR count). The molecule has 0 aromatic carbocycles. The number of nitrogens with two attached hydrogens (primary N) is 1. The molecule has 1 aliphatic carbocycles. The number of carbonyl (C=O) groups excluding carboxylic acids is 2. The highest BCUT2D eigenvalue weighted by atomic mass is 32.1. The Morgan fingerprint density at radius 3 is 2.83 bits per heavy atom. The number of aromatic nitrogens is 4. The number of carbonyl (C=O) groups is 2. The number of amides is 2. The SMILES string of the molecule is C[C@@H]1C[C@@H](C(=O)NCc2cc3cnc(N)cc3s2)n2c1ncc(NC(=O)[C@H]1C[C@@H]1c1nccs1)c2=O. The number of nitrogens with one attached hydrogen (secondary N) is 2. The lowest BCUT2D eigenvalue weighted by Crippen LogP contribution is -2.36. The Morgan fingerprint density at radius 2 is 2.03 bits per heavy atom. The number of thiazole rings is 1. The van der Waals surface area contributed by atoms with Crippen molar-refractivity contribution in [3.05, 3.63) is 62.2 Å². The lowest BCUT2D eigenvalue weighted by molar-refractivity contribution is -0.124. The molecule has 4 N–H and O–H groups in total. The summed E-state index contributed by atoms with van der Waals surface area (Å²) in [6.45, 7) is 2.27. The fraction of sp³-hybridized carbons (Fsp3) is 0.333. The van der Waals surface area contributed by atoms with Gasteiger partial charge in [0.15, 0.2) is 0 Å². The number of nitrogens with zero attached hydrogens (tertiary/aromatic N) is 4. The van der Waals surface area contributed by atoms with E-state index in [4.69, 9.17) is 5.73 Å². The van der Waals surface area contributed by atoms with Crippen molar-refractivity contribution in [1.29, 1.82) is 0 Å². The van der Waals surface area contributed by atoms with Crippen molar-refractivity contribution in [2.24, 2.45) is 5.92 Å². The summed E-state index contributed by atoms with van der Waals surface area (Å²) in [7, 11) is 0. The predicted molar refractivity (Wildman–Crippen MR) is 138 cm³/mol. The normalized spacial score (nSPS) is 22.4. The fourth-order valence-corrected chi connectivity index (χ4v) is 6.63. The third kappa shape index (κ3) is 4.05. The van der Waals surface area contributed by atoms with E-state index in [-0.39, 0.29) is 35.3 Å². The minimum absolute atomic E-state index is 0.0608. The third-order valence-electron chi connectivity index (χ3n) is 6.72. The van der Waals surface area contributed by atoms with Crippen molar-refractivity contribution in [3.63, 3.8) is 0 Å². The van der Waals surface area contributed by atoms with E-state index in [1.54, 1.807) is 12.4 Å². The molecular weight excluding hydrogens is 498 g/mol. The largest absolute Gasteiger partial charge is 0.384 e. The van der Waals surface area contributed by atoms with Crippen molar-refractivity contribution in [2.75, 3.05) is 11.1 Å². The number of anilines is 2. The molecule has 1 saturated carbocycles. The summed E-state index contributed by atoms with van der Waals surface area (Å²) >= 11 is 3.06. The van der Waals surface area contributed by atoms with E-state index in [9.17, 15) is 14.4 Å². The highest BCUT2D eigenvalue weighted by molar-refractivity contribution is 7.19. The summed E-state index contributed by atoms with van der Waals surface area (Å²) in [5.41, 5.74) is 5.44. The molecule has 2 amide bonds. The number of nitrogen functional groups attached to an aromatic ring is 1. The van der Waals surface area contributed by atoms with Crippen LogP contribution >= 0.6 is 22.7 Å². The molecular formula is C24H23N7O3S2. The van der Waals surface area contributed by atoms with E-state index >= 15 is 0 Å². The van der Waals surface area contributed by atoms with Gasteiger partial charge >= 0.3 is 0 Å². The van der Waals surface area contributed by atoms with Gasteiger partial charge in [-0.1, -0.05) is 6.92 Å². The van der Waals surface area contributed by atoms with Gasteiger partial charge in [0.1, 0.15) is 23.4 Å². The van der Waals surface area contributed by atoms with Crippen molar-refractivity contribution >= 4 is 56.1 Å². The lowest BCUT2D eigenvalue weighted by Gasteiger charge is -2.15. The van der Waals surface area contributed by atoms with Crippen molar-refractivity contribution < 1.29 is 9.59 Å². The van der Waals surface area contributed by atoms with Gasteiger partial charge in [-0.05, 0) is 25.0 Å². The first-order chi connectivity index (χ1) is 17.4. The van der Waals surface area contributed by atoms with Crippen LogP contribution in [0.15, 0.2) is 40.9 Å². The molecule has 0 spiro atoms. The van der Waals surface area contributed by atoms with E-state index < -0.39 is 11.6 Å². The maximum Gasteiger partial charge on any atom is 0.278 e. The van der Waals surface area contributed by atoms with Gasteiger partial charge in [0.05, 0.1) is 17.7 Å². The van der Waals surface area contributed by atoms with Crippen molar-refractivity contribution in [2.45, 2.75) is 44.2 Å². The molecule has 0 radical (unpaired) electrons. The van der Waals surface area contributed by atoms with Crippen LogP contribution in [0.3, 0.4) is 0 Å². The molecule has 12 heteroatoms. The molecule has 2 aliphatic rings. The molecule has 10 nitrogen and oxygen atoms in total. The van der Waals surface area contributed by atoms with Crippen LogP contribution in [0.2, 0.25) is 0 Å². The zero-order valence-corrected chi connectivity index (χ0v) is 20.9. The number of thiophene rings is 1. The first-order valence-corrected chi connectivity index (χ1v) is 13.3. The van der Waals surface area contributed by atoms with Crippen LogP contribution in [0.1, 0.15) is 53.4 Å². The van der Waals surface area contributed by atoms with E-state index in [1.165, 1.54) is 33.4 Å². The quantitative estimate of drug-likeness (QED) is 0.354. The fourth-order valence-electron chi connectivity index (χ4n) is 4.79. The van der Waals surface area contributed by atoms with Crippen LogP contribution in [-0.2, 0) is 16.1 Å². The molecule has 0 saturated heterocycles. The van der Waals surface area contributed by atoms with E-state index in [1.807, 2.05) is 24.4 Å². The number of hydrogen-bond donors (Lipinski definition) is 3. The third-order valence-corrected chi connectivity index (χ3v) is 8.72. The van der Waals surface area contributed by atoms with E-state index in [0.717, 1.165) is 20.0 Å². The smallest absolute Gasteiger partial charge is 0.278 e. The second kappa shape index (κ2) is 8.79. The summed E-state index contributed by atoms with van der Waals surface area (Å²) in [5, 5.41) is 9.48. The van der Waals surface area contributed by atoms with Gasteiger partial charge in [-0.15, -0.1) is 22.7 Å². The van der Waals surface area contributed by atoms with Crippen LogP contribution in [0.4, 0.5) is 11.5 Å². The average Bonchev–Trinajstić information content (AvgIpc) is 3.18. The first kappa shape index (κ1) is 22.8. The molecule has 36 heavy (non-hydrogen) atoms.